The number of aryl methyl sites for hydroxylation is 1. The van der Waals surface area contributed by atoms with E-state index in [-0.39, 0.29) is 10.6 Å². The van der Waals surface area contributed by atoms with Gasteiger partial charge in [-0.2, -0.15) is 4.98 Å². The summed E-state index contributed by atoms with van der Waals surface area (Å²) in [5, 5.41) is 3.10. The van der Waals surface area contributed by atoms with Gasteiger partial charge in [0.25, 0.3) is 0 Å². The molecular formula is C20H21N3O4S. The molecule has 0 aliphatic rings. The molecule has 0 amide bonds. The highest BCUT2D eigenvalue weighted by atomic mass is 32.2. The van der Waals surface area contributed by atoms with Gasteiger partial charge in [0.2, 0.25) is 11.7 Å². The van der Waals surface area contributed by atoms with Crippen LogP contribution in [-0.4, -0.2) is 31.3 Å². The number of nitrogens with zero attached hydrogens (tertiary/aromatic N) is 2. The van der Waals surface area contributed by atoms with Gasteiger partial charge in [0.15, 0.2) is 9.84 Å². The van der Waals surface area contributed by atoms with Gasteiger partial charge in [-0.15, -0.1) is 0 Å². The molecule has 2 aromatic carbocycles. The molecule has 146 valence electrons. The molecule has 0 saturated carbocycles. The Morgan fingerprint density at radius 3 is 2.50 bits per heavy atom. The van der Waals surface area contributed by atoms with Crippen molar-refractivity contribution in [1.82, 2.24) is 9.55 Å². The molecule has 0 aliphatic carbocycles. The zero-order valence-corrected chi connectivity index (χ0v) is 16.7. The van der Waals surface area contributed by atoms with E-state index >= 15 is 0 Å². The zero-order valence-electron chi connectivity index (χ0n) is 15.8. The molecular weight excluding hydrogens is 378 g/mol. The first kappa shape index (κ1) is 19.6. The zero-order chi connectivity index (χ0) is 20.3. The predicted molar refractivity (Wildman–Crippen MR) is 108 cm³/mol. The van der Waals surface area contributed by atoms with Gasteiger partial charge in [0.1, 0.15) is 0 Å². The first-order chi connectivity index (χ1) is 13.3. The first-order valence-electron chi connectivity index (χ1n) is 8.55. The molecule has 0 unspecified atom stereocenters. The highest BCUT2D eigenvalue weighted by molar-refractivity contribution is 7.90. The molecule has 0 spiro atoms. The molecule has 0 radical (unpaired) electrons. The SMILES string of the molecule is COc1cn(Cc2ccccc2)c(Nc2cc(S(C)(=O)=O)ccc2C)nc1=O. The van der Waals surface area contributed by atoms with Crippen molar-refractivity contribution in [3.8, 4) is 5.75 Å². The molecule has 0 fully saturated rings. The average molecular weight is 399 g/mol. The van der Waals surface area contributed by atoms with Crippen LogP contribution in [0.15, 0.2) is 64.4 Å². The minimum Gasteiger partial charge on any atom is -0.490 e. The maximum atomic E-state index is 12.2. The summed E-state index contributed by atoms with van der Waals surface area (Å²) in [4.78, 5) is 16.5. The van der Waals surface area contributed by atoms with Gasteiger partial charge in [0, 0.05) is 11.9 Å². The van der Waals surface area contributed by atoms with Crippen LogP contribution in [0.1, 0.15) is 11.1 Å². The molecule has 3 rings (SSSR count). The maximum Gasteiger partial charge on any atom is 0.316 e. The van der Waals surface area contributed by atoms with E-state index in [1.807, 2.05) is 37.3 Å². The van der Waals surface area contributed by atoms with Crippen LogP contribution in [0.2, 0.25) is 0 Å². The lowest BCUT2D eigenvalue weighted by molar-refractivity contribution is 0.402. The van der Waals surface area contributed by atoms with Crippen molar-refractivity contribution in [1.29, 1.82) is 0 Å². The fourth-order valence-electron chi connectivity index (χ4n) is 2.70. The second-order valence-electron chi connectivity index (χ2n) is 6.43. The molecule has 0 aliphatic heterocycles. The largest absolute Gasteiger partial charge is 0.490 e. The summed E-state index contributed by atoms with van der Waals surface area (Å²) in [7, 11) is -1.95. The van der Waals surface area contributed by atoms with Gasteiger partial charge in [-0.3, -0.25) is 4.79 Å². The third-order valence-corrected chi connectivity index (χ3v) is 5.37. The van der Waals surface area contributed by atoms with E-state index in [0.29, 0.717) is 18.2 Å². The third kappa shape index (κ3) is 4.40. The number of hydrogen-bond acceptors (Lipinski definition) is 6. The van der Waals surface area contributed by atoms with E-state index < -0.39 is 15.4 Å². The molecule has 1 heterocycles. The Hall–Kier alpha value is -3.13. The molecule has 28 heavy (non-hydrogen) atoms. The molecule has 3 aromatic rings. The third-order valence-electron chi connectivity index (χ3n) is 4.26. The number of nitrogens with one attached hydrogen (secondary N) is 1. The van der Waals surface area contributed by atoms with Crippen LogP contribution in [0.3, 0.4) is 0 Å². The number of benzene rings is 2. The number of ether oxygens (including phenoxy) is 1. The molecule has 0 bridgehead atoms. The molecule has 8 heteroatoms. The first-order valence-corrected chi connectivity index (χ1v) is 10.4. The fraction of sp³-hybridized carbons (Fsp3) is 0.200. The van der Waals surface area contributed by atoms with E-state index in [1.165, 1.54) is 13.2 Å². The Kier molecular flexibility index (Phi) is 5.51. The van der Waals surface area contributed by atoms with Crippen LogP contribution in [-0.2, 0) is 16.4 Å². The van der Waals surface area contributed by atoms with Crippen molar-refractivity contribution in [2.24, 2.45) is 0 Å². The lowest BCUT2D eigenvalue weighted by atomic mass is 10.2. The van der Waals surface area contributed by atoms with Gasteiger partial charge in [-0.1, -0.05) is 36.4 Å². The van der Waals surface area contributed by atoms with Crippen molar-refractivity contribution in [2.45, 2.75) is 18.4 Å². The predicted octanol–water partition coefficient (Wildman–Crippen LogP) is 2.76. The van der Waals surface area contributed by atoms with Crippen molar-refractivity contribution in [3.63, 3.8) is 0 Å². The topological polar surface area (TPSA) is 90.3 Å². The highest BCUT2D eigenvalue weighted by Crippen LogP contribution is 2.24. The van der Waals surface area contributed by atoms with E-state index in [1.54, 1.807) is 22.9 Å². The average Bonchev–Trinajstić information content (AvgIpc) is 2.65. The Labute approximate surface area is 163 Å². The Morgan fingerprint density at radius 2 is 1.86 bits per heavy atom. The summed E-state index contributed by atoms with van der Waals surface area (Å²) in [6.45, 7) is 2.30. The molecule has 0 saturated heterocycles. The second-order valence-corrected chi connectivity index (χ2v) is 8.44. The molecule has 1 N–H and O–H groups in total. The summed E-state index contributed by atoms with van der Waals surface area (Å²) >= 11 is 0. The minimum absolute atomic E-state index is 0.128. The minimum atomic E-state index is -3.36. The Balaban J connectivity index is 2.06. The van der Waals surface area contributed by atoms with Crippen molar-refractivity contribution in [2.75, 3.05) is 18.7 Å². The number of sulfone groups is 1. The number of aromatic nitrogens is 2. The van der Waals surface area contributed by atoms with Crippen LogP contribution in [0.5, 0.6) is 5.75 Å². The normalized spacial score (nSPS) is 11.2. The number of rotatable bonds is 6. The molecule has 1 aromatic heterocycles. The number of anilines is 2. The number of methoxy groups -OCH3 is 1. The maximum absolute atomic E-state index is 12.2. The summed E-state index contributed by atoms with van der Waals surface area (Å²) in [6.07, 6.45) is 2.73. The van der Waals surface area contributed by atoms with Crippen LogP contribution in [0.25, 0.3) is 0 Å². The standard InChI is InChI=1S/C20H21N3O4S/c1-14-9-10-16(28(3,25)26)11-17(14)21-20-22-19(24)18(27-2)13-23(20)12-15-7-5-4-6-8-15/h4-11,13H,12H2,1-3H3,(H,21,22,24). The van der Waals surface area contributed by atoms with E-state index in [0.717, 1.165) is 17.4 Å². The summed E-state index contributed by atoms with van der Waals surface area (Å²) in [5.74, 6) is 0.423. The summed E-state index contributed by atoms with van der Waals surface area (Å²) in [5.41, 5.74) is 1.89. The van der Waals surface area contributed by atoms with Gasteiger partial charge >= 0.3 is 5.56 Å². The van der Waals surface area contributed by atoms with E-state index in [4.69, 9.17) is 4.74 Å². The van der Waals surface area contributed by atoms with Gasteiger partial charge < -0.3 is 14.6 Å². The van der Waals surface area contributed by atoms with Crippen LogP contribution in [0.4, 0.5) is 11.6 Å². The van der Waals surface area contributed by atoms with Gasteiger partial charge in [0.05, 0.1) is 24.7 Å². The Bertz CT molecular complexity index is 1160. The monoisotopic (exact) mass is 399 g/mol. The Morgan fingerprint density at radius 1 is 1.14 bits per heavy atom. The number of hydrogen-bond donors (Lipinski definition) is 1. The lowest BCUT2D eigenvalue weighted by Gasteiger charge is -2.17. The van der Waals surface area contributed by atoms with E-state index in [9.17, 15) is 13.2 Å². The fourth-order valence-corrected chi connectivity index (χ4v) is 3.35. The van der Waals surface area contributed by atoms with E-state index in [2.05, 4.69) is 10.3 Å². The second kappa shape index (κ2) is 7.85. The van der Waals surface area contributed by atoms with Gasteiger partial charge in [-0.25, -0.2) is 8.42 Å². The highest BCUT2D eigenvalue weighted by Gasteiger charge is 2.13. The lowest BCUT2D eigenvalue weighted by Crippen LogP contribution is -2.19. The molecule has 7 nitrogen and oxygen atoms in total. The molecule has 0 atom stereocenters. The summed E-state index contributed by atoms with van der Waals surface area (Å²) in [6, 6.07) is 14.5. The van der Waals surface area contributed by atoms with Crippen molar-refractivity contribution >= 4 is 21.5 Å². The van der Waals surface area contributed by atoms with Crippen molar-refractivity contribution < 1.29 is 13.2 Å². The van der Waals surface area contributed by atoms with Crippen LogP contribution >= 0.6 is 0 Å². The van der Waals surface area contributed by atoms with Crippen LogP contribution < -0.4 is 15.6 Å². The van der Waals surface area contributed by atoms with Crippen LogP contribution in [0, 0.1) is 6.92 Å². The summed E-state index contributed by atoms with van der Waals surface area (Å²) < 4.78 is 30.6. The van der Waals surface area contributed by atoms with Gasteiger partial charge in [-0.05, 0) is 30.2 Å². The van der Waals surface area contributed by atoms with Crippen molar-refractivity contribution in [3.05, 3.63) is 76.2 Å². The smallest absolute Gasteiger partial charge is 0.316 e. The quantitative estimate of drug-likeness (QED) is 0.685.